The van der Waals surface area contributed by atoms with Gasteiger partial charge in [0.1, 0.15) is 24.2 Å². The van der Waals surface area contributed by atoms with Crippen molar-refractivity contribution >= 4 is 40.8 Å². The first-order chi connectivity index (χ1) is 17.1. The molecule has 0 unspecified atom stereocenters. The predicted molar refractivity (Wildman–Crippen MR) is 144 cm³/mol. The van der Waals surface area contributed by atoms with Crippen LogP contribution >= 0.6 is 34.8 Å². The number of ether oxygens (including phenoxy) is 3. The molecule has 0 fully saturated rings. The van der Waals surface area contributed by atoms with Gasteiger partial charge in [-0.05, 0) is 35.4 Å². The van der Waals surface area contributed by atoms with Crippen LogP contribution in [0.1, 0.15) is 38.8 Å². The molecule has 0 aliphatic heterocycles. The number of halogens is 3. The van der Waals surface area contributed by atoms with E-state index in [1.807, 2.05) is 41.1 Å². The third-order valence-electron chi connectivity index (χ3n) is 5.84. The fourth-order valence-electron chi connectivity index (χ4n) is 3.75. The minimum absolute atomic E-state index is 0.115. The first-order valence-electron chi connectivity index (χ1n) is 11.6. The largest absolute Gasteiger partial charge is 0.492 e. The second-order valence-electron chi connectivity index (χ2n) is 9.29. The Hall–Kier alpha value is -2.41. The summed E-state index contributed by atoms with van der Waals surface area (Å²) in [7, 11) is 0. The summed E-state index contributed by atoms with van der Waals surface area (Å²) < 4.78 is 18.9. The standard InChI is InChI=1S/C27H31Cl3N2O4/c1-18(14-32-10-9-31-17-32)15-34-25-7-5-20(11-23(25)29)27(3,4)21-6-8-26(24(30)12-21)35-16-22(13-28)36-19(2)33/h5-12,17-18,22H,13-16H2,1-4H3/t18-,22-/m1/s1. The molecule has 1 aromatic heterocycles. The topological polar surface area (TPSA) is 62.6 Å². The van der Waals surface area contributed by atoms with E-state index >= 15 is 0 Å². The maximum atomic E-state index is 11.2. The van der Waals surface area contributed by atoms with Crippen LogP contribution in [0, 0.1) is 5.92 Å². The number of carbonyl (C=O) groups excluding carboxylic acids is 1. The Morgan fingerprint density at radius 2 is 1.61 bits per heavy atom. The molecule has 0 aliphatic carbocycles. The van der Waals surface area contributed by atoms with Gasteiger partial charge in [-0.25, -0.2) is 4.98 Å². The van der Waals surface area contributed by atoms with Gasteiger partial charge in [0, 0.05) is 37.2 Å². The molecule has 0 bridgehead atoms. The lowest BCUT2D eigenvalue weighted by Gasteiger charge is -2.27. The number of rotatable bonds is 12. The number of imidazole rings is 1. The summed E-state index contributed by atoms with van der Waals surface area (Å²) in [4.78, 5) is 15.2. The highest BCUT2D eigenvalue weighted by Crippen LogP contribution is 2.38. The first-order valence-corrected chi connectivity index (χ1v) is 12.9. The summed E-state index contributed by atoms with van der Waals surface area (Å²) in [6.45, 7) is 9.13. The number of benzene rings is 2. The molecule has 1 heterocycles. The maximum Gasteiger partial charge on any atom is 0.303 e. The molecule has 2 atom stereocenters. The maximum absolute atomic E-state index is 11.2. The minimum atomic E-state index is -0.548. The van der Waals surface area contributed by atoms with E-state index in [1.165, 1.54) is 6.92 Å². The molecular weight excluding hydrogens is 523 g/mol. The summed E-state index contributed by atoms with van der Waals surface area (Å²) in [6, 6.07) is 11.5. The molecule has 3 rings (SSSR count). The molecule has 0 aliphatic rings. The average molecular weight is 554 g/mol. The summed E-state index contributed by atoms with van der Waals surface area (Å²) in [5.74, 6) is 1.16. The summed E-state index contributed by atoms with van der Waals surface area (Å²) in [6.07, 6.45) is 4.95. The van der Waals surface area contributed by atoms with Crippen LogP contribution in [0.25, 0.3) is 0 Å². The van der Waals surface area contributed by atoms with Gasteiger partial charge in [0.25, 0.3) is 0 Å². The van der Waals surface area contributed by atoms with Gasteiger partial charge in [-0.3, -0.25) is 4.79 Å². The monoisotopic (exact) mass is 552 g/mol. The quantitative estimate of drug-likeness (QED) is 0.183. The first kappa shape index (κ1) is 28.2. The second-order valence-corrected chi connectivity index (χ2v) is 10.4. The van der Waals surface area contributed by atoms with Crippen LogP contribution in [0.5, 0.6) is 11.5 Å². The van der Waals surface area contributed by atoms with Gasteiger partial charge in [0.05, 0.1) is 28.9 Å². The van der Waals surface area contributed by atoms with Crippen molar-refractivity contribution in [3.63, 3.8) is 0 Å². The van der Waals surface area contributed by atoms with Crippen molar-refractivity contribution < 1.29 is 19.0 Å². The highest BCUT2D eigenvalue weighted by atomic mass is 35.5. The highest BCUT2D eigenvalue weighted by Gasteiger charge is 2.25. The number of aromatic nitrogens is 2. The predicted octanol–water partition coefficient (Wildman–Crippen LogP) is 6.78. The van der Waals surface area contributed by atoms with Crippen molar-refractivity contribution in [2.75, 3.05) is 19.1 Å². The van der Waals surface area contributed by atoms with Crippen LogP contribution in [-0.2, 0) is 21.5 Å². The minimum Gasteiger partial charge on any atom is -0.492 e. The Morgan fingerprint density at radius 1 is 1.03 bits per heavy atom. The third kappa shape index (κ3) is 7.55. The molecule has 0 N–H and O–H groups in total. The molecule has 36 heavy (non-hydrogen) atoms. The zero-order valence-corrected chi connectivity index (χ0v) is 23.1. The number of carbonyl (C=O) groups is 1. The molecule has 3 aromatic rings. The van der Waals surface area contributed by atoms with E-state index < -0.39 is 12.1 Å². The van der Waals surface area contributed by atoms with Gasteiger partial charge < -0.3 is 18.8 Å². The van der Waals surface area contributed by atoms with Gasteiger partial charge in [-0.15, -0.1) is 11.6 Å². The normalized spacial score (nSPS) is 13.2. The van der Waals surface area contributed by atoms with Crippen molar-refractivity contribution in [3.05, 3.63) is 76.3 Å². The van der Waals surface area contributed by atoms with Gasteiger partial charge >= 0.3 is 5.97 Å². The Morgan fingerprint density at radius 3 is 2.08 bits per heavy atom. The van der Waals surface area contributed by atoms with E-state index in [0.717, 1.165) is 17.7 Å². The molecule has 2 aromatic carbocycles. The smallest absolute Gasteiger partial charge is 0.303 e. The third-order valence-corrected chi connectivity index (χ3v) is 6.78. The number of esters is 1. The van der Waals surface area contributed by atoms with Crippen LogP contribution < -0.4 is 9.47 Å². The van der Waals surface area contributed by atoms with Gasteiger partial charge in [-0.2, -0.15) is 0 Å². The van der Waals surface area contributed by atoms with E-state index in [9.17, 15) is 4.79 Å². The zero-order chi connectivity index (χ0) is 26.3. The van der Waals surface area contributed by atoms with E-state index in [0.29, 0.717) is 34.1 Å². The molecule has 0 radical (unpaired) electrons. The van der Waals surface area contributed by atoms with Crippen LogP contribution in [0.2, 0.25) is 10.0 Å². The Labute approximate surface area is 227 Å². The second kappa shape index (κ2) is 12.7. The van der Waals surface area contributed by atoms with Crippen molar-refractivity contribution in [2.24, 2.45) is 5.92 Å². The SMILES string of the molecule is CC(=O)O[C@H](CCl)COc1ccc(C(C)(C)c2ccc(OC[C@H](C)Cn3ccnc3)c(Cl)c2)cc1Cl. The van der Waals surface area contributed by atoms with Crippen molar-refractivity contribution in [3.8, 4) is 11.5 Å². The number of hydrogen-bond donors (Lipinski definition) is 0. The number of hydrogen-bond acceptors (Lipinski definition) is 5. The fraction of sp³-hybridized carbons (Fsp3) is 0.407. The van der Waals surface area contributed by atoms with Gasteiger partial charge in [0.2, 0.25) is 0 Å². The zero-order valence-electron chi connectivity index (χ0n) is 20.8. The van der Waals surface area contributed by atoms with E-state index in [-0.39, 0.29) is 17.9 Å². The molecule has 194 valence electrons. The van der Waals surface area contributed by atoms with Crippen LogP contribution in [0.15, 0.2) is 55.1 Å². The molecule has 9 heteroatoms. The van der Waals surface area contributed by atoms with Crippen molar-refractivity contribution in [1.82, 2.24) is 9.55 Å². The lowest BCUT2D eigenvalue weighted by Crippen LogP contribution is -2.25. The summed E-state index contributed by atoms with van der Waals surface area (Å²) in [5, 5.41) is 1.01. The molecule has 0 saturated carbocycles. The Kier molecular flexibility index (Phi) is 9.94. The molecule has 0 saturated heterocycles. The van der Waals surface area contributed by atoms with Crippen molar-refractivity contribution in [1.29, 1.82) is 0 Å². The van der Waals surface area contributed by atoms with Gasteiger partial charge in [0.15, 0.2) is 0 Å². The van der Waals surface area contributed by atoms with E-state index in [4.69, 9.17) is 49.0 Å². The van der Waals surface area contributed by atoms with E-state index in [1.54, 1.807) is 18.6 Å². The molecule has 6 nitrogen and oxygen atoms in total. The van der Waals surface area contributed by atoms with Crippen LogP contribution in [-0.4, -0.2) is 40.7 Å². The number of alkyl halides is 1. The number of nitrogens with zero attached hydrogens (tertiary/aromatic N) is 2. The van der Waals surface area contributed by atoms with Gasteiger partial charge in [-0.1, -0.05) is 56.1 Å². The van der Waals surface area contributed by atoms with Crippen LogP contribution in [0.3, 0.4) is 0 Å². The molecule has 0 spiro atoms. The molecular formula is C27H31Cl3N2O4. The summed E-state index contributed by atoms with van der Waals surface area (Å²) >= 11 is 19.0. The van der Waals surface area contributed by atoms with E-state index in [2.05, 4.69) is 25.8 Å². The van der Waals surface area contributed by atoms with Crippen LogP contribution in [0.4, 0.5) is 0 Å². The lowest BCUT2D eigenvalue weighted by molar-refractivity contribution is -0.146. The summed E-state index contributed by atoms with van der Waals surface area (Å²) in [5.41, 5.74) is 1.63. The average Bonchev–Trinajstić information content (AvgIpc) is 3.34. The van der Waals surface area contributed by atoms with Crippen molar-refractivity contribution in [2.45, 2.75) is 45.8 Å². The highest BCUT2D eigenvalue weighted by molar-refractivity contribution is 6.32. The molecule has 0 amide bonds. The Bertz CT molecular complexity index is 1150. The Balaban J connectivity index is 1.66. The lowest BCUT2D eigenvalue weighted by atomic mass is 9.78. The fourth-order valence-corrected chi connectivity index (χ4v) is 4.37.